The fraction of sp³-hybridized carbons (Fsp3) is 0.500. The van der Waals surface area contributed by atoms with Gasteiger partial charge in [-0.1, -0.05) is 18.2 Å². The Morgan fingerprint density at radius 1 is 1.20 bits per heavy atom. The van der Waals surface area contributed by atoms with Crippen LogP contribution in [-0.4, -0.2) is 28.3 Å². The Morgan fingerprint density at radius 3 is 2.57 bits per heavy atom. The van der Waals surface area contributed by atoms with Crippen LogP contribution in [-0.2, 0) is 22.1 Å². The summed E-state index contributed by atoms with van der Waals surface area (Å²) in [6.07, 6.45) is -7.31. The van der Waals surface area contributed by atoms with Crippen LogP contribution in [0.5, 0.6) is 0 Å². The summed E-state index contributed by atoms with van der Waals surface area (Å²) in [4.78, 5) is 12.4. The molecule has 1 fully saturated rings. The molecule has 1 aliphatic heterocycles. The predicted molar refractivity (Wildman–Crippen MR) is 93.9 cm³/mol. The monoisotopic (exact) mass is 430 g/mol. The van der Waals surface area contributed by atoms with Crippen molar-refractivity contribution in [2.75, 3.05) is 6.61 Å². The maximum Gasteiger partial charge on any atom is 0.435 e. The molecular weight excluding hydrogens is 411 g/mol. The molecule has 1 aromatic heterocycles. The quantitative estimate of drug-likeness (QED) is 0.503. The molecule has 1 aliphatic carbocycles. The molecule has 0 saturated carbocycles. The van der Waals surface area contributed by atoms with Crippen molar-refractivity contribution in [3.8, 4) is 0 Å². The van der Waals surface area contributed by atoms with Crippen LogP contribution in [0, 0.1) is 0 Å². The summed E-state index contributed by atoms with van der Waals surface area (Å²) in [5.74, 6) is -4.79. The largest absolute Gasteiger partial charge is 0.447 e. The highest BCUT2D eigenvalue weighted by molar-refractivity contribution is 5.89. The number of alkyl halides is 5. The van der Waals surface area contributed by atoms with Gasteiger partial charge in [-0.05, 0) is 37.8 Å². The van der Waals surface area contributed by atoms with Crippen LogP contribution >= 0.6 is 0 Å². The number of rotatable bonds is 3. The zero-order valence-electron chi connectivity index (χ0n) is 15.8. The molecule has 30 heavy (non-hydrogen) atoms. The number of ether oxygens (including phenoxy) is 2. The normalized spacial score (nSPS) is 23.6. The Hall–Kier alpha value is -2.49. The number of hydrogen-bond donors (Lipinski definition) is 0. The third-order valence-electron chi connectivity index (χ3n) is 5.32. The summed E-state index contributed by atoms with van der Waals surface area (Å²) < 4.78 is 82.2. The SMILES string of the molecule is O=C(O[C@H]1c2c(C(F)(F)F)nn(C3CCCCO3)c2CCC1(F)F)c1ccccc1. The van der Waals surface area contributed by atoms with E-state index in [1.54, 1.807) is 6.07 Å². The van der Waals surface area contributed by atoms with Gasteiger partial charge in [-0.25, -0.2) is 18.3 Å². The molecule has 162 valence electrons. The topological polar surface area (TPSA) is 53.3 Å². The fourth-order valence-electron chi connectivity index (χ4n) is 3.89. The maximum atomic E-state index is 14.7. The van der Waals surface area contributed by atoms with Gasteiger partial charge in [0.15, 0.2) is 11.8 Å². The molecule has 2 heterocycles. The fourth-order valence-corrected chi connectivity index (χ4v) is 3.89. The Bertz CT molecular complexity index is 921. The number of aromatic nitrogens is 2. The van der Waals surface area contributed by atoms with Crippen LogP contribution < -0.4 is 0 Å². The molecule has 2 aliphatic rings. The van der Waals surface area contributed by atoms with Crippen LogP contribution in [0.2, 0.25) is 0 Å². The van der Waals surface area contributed by atoms with Crippen molar-refractivity contribution in [3.05, 3.63) is 52.8 Å². The highest BCUT2D eigenvalue weighted by Crippen LogP contribution is 2.49. The summed E-state index contributed by atoms with van der Waals surface area (Å²) in [6, 6.07) is 7.30. The van der Waals surface area contributed by atoms with Gasteiger partial charge in [-0.15, -0.1) is 0 Å². The molecule has 0 bridgehead atoms. The molecule has 0 amide bonds. The first kappa shape index (κ1) is 20.8. The zero-order valence-corrected chi connectivity index (χ0v) is 15.8. The van der Waals surface area contributed by atoms with Crippen LogP contribution in [0.1, 0.15) is 65.3 Å². The van der Waals surface area contributed by atoms with Crippen molar-refractivity contribution in [2.24, 2.45) is 0 Å². The van der Waals surface area contributed by atoms with Gasteiger partial charge in [0, 0.05) is 18.7 Å². The van der Waals surface area contributed by atoms with Crippen LogP contribution in [0.3, 0.4) is 0 Å². The molecule has 2 aromatic rings. The minimum Gasteiger partial charge on any atom is -0.447 e. The molecule has 4 rings (SSSR count). The number of hydrogen-bond acceptors (Lipinski definition) is 4. The van der Waals surface area contributed by atoms with Gasteiger partial charge in [0.05, 0.1) is 11.1 Å². The van der Waals surface area contributed by atoms with Crippen LogP contribution in [0.4, 0.5) is 22.0 Å². The van der Waals surface area contributed by atoms with Crippen molar-refractivity contribution < 1.29 is 36.2 Å². The lowest BCUT2D eigenvalue weighted by molar-refractivity contribution is -0.151. The highest BCUT2D eigenvalue weighted by atomic mass is 19.4. The van der Waals surface area contributed by atoms with E-state index in [0.717, 1.165) is 17.5 Å². The molecule has 0 radical (unpaired) electrons. The molecule has 10 heteroatoms. The van der Waals surface area contributed by atoms with E-state index in [2.05, 4.69) is 5.10 Å². The Balaban J connectivity index is 1.79. The number of fused-ring (bicyclic) bond motifs is 1. The number of halogens is 5. The van der Waals surface area contributed by atoms with E-state index in [4.69, 9.17) is 9.47 Å². The van der Waals surface area contributed by atoms with E-state index < -0.39 is 48.1 Å². The molecular formula is C20H19F5N2O3. The van der Waals surface area contributed by atoms with Crippen LogP contribution in [0.15, 0.2) is 30.3 Å². The van der Waals surface area contributed by atoms with Crippen LogP contribution in [0.25, 0.3) is 0 Å². The Kier molecular flexibility index (Phi) is 5.29. The van der Waals surface area contributed by atoms with Crippen molar-refractivity contribution in [1.29, 1.82) is 0 Å². The first-order valence-electron chi connectivity index (χ1n) is 9.62. The van der Waals surface area contributed by atoms with Gasteiger partial charge in [-0.2, -0.15) is 18.3 Å². The molecule has 1 unspecified atom stereocenters. The summed E-state index contributed by atoms with van der Waals surface area (Å²) in [6.45, 7) is 0.350. The number of carbonyl (C=O) groups excluding carboxylic acids is 1. The van der Waals surface area contributed by atoms with Gasteiger partial charge in [0.25, 0.3) is 5.92 Å². The second kappa shape index (κ2) is 7.64. The maximum absolute atomic E-state index is 14.7. The van der Waals surface area contributed by atoms with Gasteiger partial charge < -0.3 is 9.47 Å². The smallest absolute Gasteiger partial charge is 0.435 e. The number of esters is 1. The van der Waals surface area contributed by atoms with E-state index in [1.165, 1.54) is 24.3 Å². The minimum atomic E-state index is -4.99. The number of carbonyl (C=O) groups is 1. The van der Waals surface area contributed by atoms with E-state index in [0.29, 0.717) is 13.0 Å². The van der Waals surface area contributed by atoms with Crippen molar-refractivity contribution in [3.63, 3.8) is 0 Å². The molecule has 2 atom stereocenters. The highest BCUT2D eigenvalue weighted by Gasteiger charge is 2.54. The summed E-state index contributed by atoms with van der Waals surface area (Å²) in [5.41, 5.74) is -2.29. The predicted octanol–water partition coefficient (Wildman–Crippen LogP) is 5.08. The van der Waals surface area contributed by atoms with E-state index in [1.807, 2.05) is 0 Å². The zero-order chi connectivity index (χ0) is 21.5. The van der Waals surface area contributed by atoms with Gasteiger partial charge in [0.1, 0.15) is 6.23 Å². The summed E-state index contributed by atoms with van der Waals surface area (Å²) >= 11 is 0. The molecule has 0 spiro atoms. The summed E-state index contributed by atoms with van der Waals surface area (Å²) in [7, 11) is 0. The van der Waals surface area contributed by atoms with Crippen molar-refractivity contribution in [2.45, 2.75) is 56.5 Å². The second-order valence-corrected chi connectivity index (χ2v) is 7.38. The van der Waals surface area contributed by atoms with Crippen molar-refractivity contribution >= 4 is 5.97 Å². The first-order valence-corrected chi connectivity index (χ1v) is 9.62. The summed E-state index contributed by atoms with van der Waals surface area (Å²) in [5, 5.41) is 3.62. The van der Waals surface area contributed by atoms with Gasteiger partial charge in [-0.3, -0.25) is 0 Å². The lowest BCUT2D eigenvalue weighted by Gasteiger charge is -2.33. The Morgan fingerprint density at radius 2 is 1.93 bits per heavy atom. The van der Waals surface area contributed by atoms with E-state index >= 15 is 0 Å². The second-order valence-electron chi connectivity index (χ2n) is 7.38. The Labute approximate surface area is 168 Å². The van der Waals surface area contributed by atoms with Crippen molar-refractivity contribution in [1.82, 2.24) is 9.78 Å². The first-order chi connectivity index (χ1) is 14.2. The lowest BCUT2D eigenvalue weighted by Crippen LogP contribution is -2.37. The average Bonchev–Trinajstić information content (AvgIpc) is 3.11. The standard InChI is InChI=1S/C20H19F5N2O3/c21-19(22)10-9-13-15(17(19)30-18(28)12-6-2-1-3-7-12)16(20(23,24)25)26-27(13)14-8-4-5-11-29-14/h1-3,6-7,14,17H,4-5,8-11H2/t14?,17-/m0/s1. The molecule has 0 N–H and O–H groups in total. The number of nitrogens with zero attached hydrogens (tertiary/aromatic N) is 2. The van der Waals surface area contributed by atoms with Gasteiger partial charge in [0.2, 0.25) is 0 Å². The molecule has 5 nitrogen and oxygen atoms in total. The third kappa shape index (κ3) is 3.80. The van der Waals surface area contributed by atoms with E-state index in [-0.39, 0.29) is 17.7 Å². The lowest BCUT2D eigenvalue weighted by atomic mass is 9.89. The molecule has 1 saturated heterocycles. The van der Waals surface area contributed by atoms with Gasteiger partial charge >= 0.3 is 12.1 Å². The van der Waals surface area contributed by atoms with E-state index in [9.17, 15) is 26.7 Å². The third-order valence-corrected chi connectivity index (χ3v) is 5.32. The molecule has 1 aromatic carbocycles. The number of benzene rings is 1. The minimum absolute atomic E-state index is 0.0222. The average molecular weight is 430 g/mol.